The van der Waals surface area contributed by atoms with Gasteiger partial charge >= 0.3 is 0 Å². The number of halogens is 1. The van der Waals surface area contributed by atoms with E-state index < -0.39 is 0 Å². The van der Waals surface area contributed by atoms with E-state index in [0.717, 1.165) is 30.3 Å². The lowest BCUT2D eigenvalue weighted by Gasteiger charge is -2.12. The molecule has 1 atom stereocenters. The molecule has 0 bridgehead atoms. The van der Waals surface area contributed by atoms with E-state index in [1.54, 1.807) is 0 Å². The van der Waals surface area contributed by atoms with Gasteiger partial charge in [0.2, 0.25) is 0 Å². The molecule has 0 spiro atoms. The van der Waals surface area contributed by atoms with Crippen molar-refractivity contribution in [3.05, 3.63) is 34.3 Å². The fourth-order valence-electron chi connectivity index (χ4n) is 3.86. The molecule has 0 radical (unpaired) electrons. The Kier molecular flexibility index (Phi) is 3.00. The van der Waals surface area contributed by atoms with Gasteiger partial charge in [0.15, 0.2) is 0 Å². The Bertz CT molecular complexity index is 490. The monoisotopic (exact) mass is 277 g/mol. The number of rotatable bonds is 3. The largest absolute Gasteiger partial charge is 0.313 e. The normalized spacial score (nSPS) is 27.3. The van der Waals surface area contributed by atoms with Crippen molar-refractivity contribution in [3.63, 3.8) is 0 Å². The van der Waals surface area contributed by atoms with E-state index in [4.69, 9.17) is 11.6 Å². The maximum absolute atomic E-state index is 6.06. The quantitative estimate of drug-likeness (QED) is 0.878. The van der Waals surface area contributed by atoms with Crippen molar-refractivity contribution in [3.8, 4) is 0 Å². The summed E-state index contributed by atoms with van der Waals surface area (Å²) in [7, 11) is 0. The van der Waals surface area contributed by atoms with Gasteiger partial charge in [-0.1, -0.05) is 45.4 Å². The van der Waals surface area contributed by atoms with Crippen molar-refractivity contribution in [1.82, 2.24) is 5.32 Å². The minimum atomic E-state index is 0.481. The lowest BCUT2D eigenvalue weighted by atomic mass is 10.0. The van der Waals surface area contributed by atoms with Crippen LogP contribution in [0.4, 0.5) is 0 Å². The van der Waals surface area contributed by atoms with Crippen molar-refractivity contribution in [2.45, 2.75) is 46.6 Å². The average Bonchev–Trinajstić information content (AvgIpc) is 2.63. The highest BCUT2D eigenvalue weighted by atomic mass is 35.5. The standard InChI is InChI=1S/C17H24ClN/c1-16(2)15(17(16,3)4)10-19-14-8-11-5-6-13(18)7-12(11)9-14/h5-7,14-15,19H,8-10H2,1-4H3. The fourth-order valence-corrected chi connectivity index (χ4v) is 4.05. The highest BCUT2D eigenvalue weighted by Gasteiger charge is 2.63. The van der Waals surface area contributed by atoms with Crippen molar-refractivity contribution >= 4 is 11.6 Å². The van der Waals surface area contributed by atoms with Crippen molar-refractivity contribution in [2.24, 2.45) is 16.7 Å². The molecule has 2 aliphatic carbocycles. The minimum absolute atomic E-state index is 0.481. The first kappa shape index (κ1) is 13.5. The van der Waals surface area contributed by atoms with Crippen LogP contribution in [0.15, 0.2) is 18.2 Å². The molecule has 0 amide bonds. The third kappa shape index (κ3) is 2.11. The zero-order chi connectivity index (χ0) is 13.8. The highest BCUT2D eigenvalue weighted by molar-refractivity contribution is 6.30. The second kappa shape index (κ2) is 4.23. The van der Waals surface area contributed by atoms with E-state index in [-0.39, 0.29) is 0 Å². The van der Waals surface area contributed by atoms with Crippen LogP contribution in [0, 0.1) is 16.7 Å². The second-order valence-electron chi connectivity index (χ2n) is 7.42. The molecule has 0 aliphatic heterocycles. The SMILES string of the molecule is CC1(C)C(CNC2Cc3ccc(Cl)cc3C2)C1(C)C. The summed E-state index contributed by atoms with van der Waals surface area (Å²) < 4.78 is 0. The van der Waals surface area contributed by atoms with Crippen molar-refractivity contribution < 1.29 is 0 Å². The highest BCUT2D eigenvalue weighted by Crippen LogP contribution is 2.67. The second-order valence-corrected chi connectivity index (χ2v) is 7.86. The van der Waals surface area contributed by atoms with E-state index in [1.165, 1.54) is 11.1 Å². The zero-order valence-corrected chi connectivity index (χ0v) is 13.1. The molecule has 1 saturated carbocycles. The van der Waals surface area contributed by atoms with Crippen LogP contribution in [0.25, 0.3) is 0 Å². The Labute approximate surface area is 121 Å². The summed E-state index contributed by atoms with van der Waals surface area (Å²) in [4.78, 5) is 0. The summed E-state index contributed by atoms with van der Waals surface area (Å²) in [5.41, 5.74) is 3.86. The Morgan fingerprint density at radius 3 is 2.37 bits per heavy atom. The van der Waals surface area contributed by atoms with Crippen LogP contribution in [0.1, 0.15) is 38.8 Å². The maximum atomic E-state index is 6.06. The summed E-state index contributed by atoms with van der Waals surface area (Å²) in [5, 5.41) is 4.64. The van der Waals surface area contributed by atoms with Gasteiger partial charge in [-0.05, 0) is 59.4 Å². The Morgan fingerprint density at radius 2 is 1.74 bits per heavy atom. The van der Waals surface area contributed by atoms with Crippen molar-refractivity contribution in [2.75, 3.05) is 6.54 Å². The molecular formula is C17H24ClN. The van der Waals surface area contributed by atoms with Crippen LogP contribution in [0.2, 0.25) is 5.02 Å². The molecule has 1 aromatic rings. The van der Waals surface area contributed by atoms with E-state index in [1.807, 2.05) is 6.07 Å². The lowest BCUT2D eigenvalue weighted by molar-refractivity contribution is 0.457. The maximum Gasteiger partial charge on any atom is 0.0408 e. The minimum Gasteiger partial charge on any atom is -0.313 e. The molecule has 104 valence electrons. The van der Waals surface area contributed by atoms with Crippen LogP contribution in [-0.2, 0) is 12.8 Å². The van der Waals surface area contributed by atoms with E-state index in [2.05, 4.69) is 45.1 Å². The van der Waals surface area contributed by atoms with Gasteiger partial charge in [0.05, 0.1) is 0 Å². The molecule has 1 N–H and O–H groups in total. The number of hydrogen-bond acceptors (Lipinski definition) is 1. The number of fused-ring (bicyclic) bond motifs is 1. The molecule has 1 nitrogen and oxygen atoms in total. The molecule has 2 heteroatoms. The molecule has 0 aromatic heterocycles. The van der Waals surface area contributed by atoms with Crippen LogP contribution >= 0.6 is 11.6 Å². The first-order valence-electron chi connectivity index (χ1n) is 7.33. The zero-order valence-electron chi connectivity index (χ0n) is 12.4. The topological polar surface area (TPSA) is 12.0 Å². The molecule has 1 unspecified atom stereocenters. The lowest BCUT2D eigenvalue weighted by Crippen LogP contribution is -2.32. The first-order chi connectivity index (χ1) is 8.82. The van der Waals surface area contributed by atoms with Gasteiger partial charge in [-0.15, -0.1) is 0 Å². The van der Waals surface area contributed by atoms with Gasteiger partial charge in [-0.2, -0.15) is 0 Å². The van der Waals surface area contributed by atoms with E-state index in [0.29, 0.717) is 16.9 Å². The predicted molar refractivity (Wildman–Crippen MR) is 81.7 cm³/mol. The molecule has 3 rings (SSSR count). The van der Waals surface area contributed by atoms with E-state index in [9.17, 15) is 0 Å². The molecular weight excluding hydrogens is 254 g/mol. The van der Waals surface area contributed by atoms with Crippen LogP contribution in [0.5, 0.6) is 0 Å². The molecule has 1 fully saturated rings. The van der Waals surface area contributed by atoms with Gasteiger partial charge in [-0.3, -0.25) is 0 Å². The summed E-state index contributed by atoms with van der Waals surface area (Å²) in [6.45, 7) is 10.7. The molecule has 19 heavy (non-hydrogen) atoms. The van der Waals surface area contributed by atoms with Gasteiger partial charge in [0.25, 0.3) is 0 Å². The summed E-state index contributed by atoms with van der Waals surface area (Å²) in [6.07, 6.45) is 2.28. The van der Waals surface area contributed by atoms with Crippen LogP contribution < -0.4 is 5.32 Å². The van der Waals surface area contributed by atoms with Gasteiger partial charge in [-0.25, -0.2) is 0 Å². The number of nitrogens with one attached hydrogen (secondary N) is 1. The molecule has 0 heterocycles. The summed E-state index contributed by atoms with van der Waals surface area (Å²) >= 11 is 6.06. The Morgan fingerprint density at radius 1 is 1.11 bits per heavy atom. The third-order valence-electron chi connectivity index (χ3n) is 6.03. The first-order valence-corrected chi connectivity index (χ1v) is 7.71. The smallest absolute Gasteiger partial charge is 0.0408 e. The van der Waals surface area contributed by atoms with Crippen molar-refractivity contribution in [1.29, 1.82) is 0 Å². The van der Waals surface area contributed by atoms with Crippen LogP contribution in [0.3, 0.4) is 0 Å². The molecule has 0 saturated heterocycles. The number of hydrogen-bond donors (Lipinski definition) is 1. The van der Waals surface area contributed by atoms with Gasteiger partial charge in [0.1, 0.15) is 0 Å². The molecule has 1 aromatic carbocycles. The predicted octanol–water partition coefficient (Wildman–Crippen LogP) is 4.08. The van der Waals surface area contributed by atoms with Gasteiger partial charge in [0, 0.05) is 11.1 Å². The Hall–Kier alpha value is -0.530. The average molecular weight is 278 g/mol. The molecule has 2 aliphatic rings. The van der Waals surface area contributed by atoms with Gasteiger partial charge < -0.3 is 5.32 Å². The van der Waals surface area contributed by atoms with Crippen LogP contribution in [-0.4, -0.2) is 12.6 Å². The number of benzene rings is 1. The summed E-state index contributed by atoms with van der Waals surface area (Å²) in [5.74, 6) is 0.798. The summed E-state index contributed by atoms with van der Waals surface area (Å²) in [6, 6.07) is 6.92. The van der Waals surface area contributed by atoms with E-state index >= 15 is 0 Å². The Balaban J connectivity index is 1.58. The third-order valence-corrected chi connectivity index (χ3v) is 6.27. The fraction of sp³-hybridized carbons (Fsp3) is 0.647.